The van der Waals surface area contributed by atoms with Crippen molar-refractivity contribution < 1.29 is 19.1 Å². The van der Waals surface area contributed by atoms with Crippen LogP contribution in [0.25, 0.3) is 11.3 Å². The number of carbonyl (C=O) groups is 2. The molecule has 188 valence electrons. The third-order valence-corrected chi connectivity index (χ3v) is 7.65. The molecule has 0 saturated heterocycles. The monoisotopic (exact) mass is 504 g/mol. The Bertz CT molecular complexity index is 1280. The van der Waals surface area contributed by atoms with Gasteiger partial charge in [-0.15, -0.1) is 11.3 Å². The summed E-state index contributed by atoms with van der Waals surface area (Å²) in [5.41, 5.74) is 4.05. The second-order valence-electron chi connectivity index (χ2n) is 9.11. The van der Waals surface area contributed by atoms with E-state index in [2.05, 4.69) is 11.4 Å². The number of nitrogens with zero attached hydrogens (tertiary/aromatic N) is 1. The van der Waals surface area contributed by atoms with Gasteiger partial charge in [0, 0.05) is 22.6 Å². The van der Waals surface area contributed by atoms with Gasteiger partial charge in [-0.25, -0.2) is 9.78 Å². The molecule has 3 atom stereocenters. The molecule has 0 spiro atoms. The Kier molecular flexibility index (Phi) is 7.59. The van der Waals surface area contributed by atoms with Crippen molar-refractivity contribution in [1.82, 2.24) is 10.3 Å². The van der Waals surface area contributed by atoms with Crippen LogP contribution in [-0.4, -0.2) is 30.1 Å². The summed E-state index contributed by atoms with van der Waals surface area (Å²) in [5, 5.41) is 6.25. The summed E-state index contributed by atoms with van der Waals surface area (Å²) < 4.78 is 11.0. The van der Waals surface area contributed by atoms with E-state index in [0.717, 1.165) is 27.4 Å². The summed E-state index contributed by atoms with van der Waals surface area (Å²) in [6.45, 7) is 9.91. The van der Waals surface area contributed by atoms with Crippen LogP contribution in [0.4, 0.5) is 0 Å². The number of allylic oxidation sites excluding steroid dienone is 1. The van der Waals surface area contributed by atoms with Crippen LogP contribution in [0.5, 0.6) is 0 Å². The predicted octanol–water partition coefficient (Wildman–Crippen LogP) is 5.74. The van der Waals surface area contributed by atoms with Crippen molar-refractivity contribution in [1.29, 1.82) is 0 Å². The van der Waals surface area contributed by atoms with Crippen LogP contribution in [0, 0.1) is 12.8 Å². The van der Waals surface area contributed by atoms with Crippen LogP contribution in [0.3, 0.4) is 0 Å². The third-order valence-electron chi connectivity index (χ3n) is 6.57. The molecule has 3 aromatic rings. The number of aromatic nitrogens is 1. The van der Waals surface area contributed by atoms with Gasteiger partial charge in [-0.2, -0.15) is 0 Å². The number of hydrogen-bond donors (Lipinski definition) is 1. The lowest BCUT2D eigenvalue weighted by molar-refractivity contribution is -0.152. The van der Waals surface area contributed by atoms with Gasteiger partial charge in [0.05, 0.1) is 30.4 Å². The fourth-order valence-electron chi connectivity index (χ4n) is 5.02. The molecule has 4 rings (SSSR count). The normalized spacial score (nSPS) is 21.6. The smallest absolute Gasteiger partial charge is 0.336 e. The van der Waals surface area contributed by atoms with E-state index in [1.165, 1.54) is 11.3 Å². The first-order valence-electron chi connectivity index (χ1n) is 12.2. The Morgan fingerprint density at radius 3 is 2.42 bits per heavy atom. The van der Waals surface area contributed by atoms with Crippen LogP contribution in [0.1, 0.15) is 49.7 Å². The minimum atomic E-state index is -0.917. The van der Waals surface area contributed by atoms with E-state index in [-0.39, 0.29) is 19.2 Å². The van der Waals surface area contributed by atoms with Crippen molar-refractivity contribution in [3.63, 3.8) is 0 Å². The van der Waals surface area contributed by atoms with Crippen LogP contribution in [0.2, 0.25) is 0 Å². The highest BCUT2D eigenvalue weighted by Crippen LogP contribution is 2.49. The maximum absolute atomic E-state index is 13.7. The Balaban J connectivity index is 1.90. The summed E-state index contributed by atoms with van der Waals surface area (Å²) >= 11 is 1.49. The summed E-state index contributed by atoms with van der Waals surface area (Å²) in [7, 11) is 0. The Morgan fingerprint density at radius 2 is 1.75 bits per heavy atom. The molecule has 0 amide bonds. The first-order valence-corrected chi connectivity index (χ1v) is 13.1. The first-order chi connectivity index (χ1) is 17.3. The maximum Gasteiger partial charge on any atom is 0.336 e. The molecular weight excluding hydrogens is 472 g/mol. The number of benzene rings is 2. The van der Waals surface area contributed by atoms with Crippen molar-refractivity contribution in [2.24, 2.45) is 5.92 Å². The first kappa shape index (κ1) is 25.6. The highest BCUT2D eigenvalue weighted by atomic mass is 32.1. The summed E-state index contributed by atoms with van der Waals surface area (Å²) in [6, 6.07) is 17.8. The van der Waals surface area contributed by atoms with Crippen LogP contribution in [0.15, 0.2) is 71.2 Å². The van der Waals surface area contributed by atoms with Crippen molar-refractivity contribution in [3.8, 4) is 11.3 Å². The molecule has 36 heavy (non-hydrogen) atoms. The van der Waals surface area contributed by atoms with Gasteiger partial charge < -0.3 is 14.8 Å². The number of ether oxygens (including phenoxy) is 2. The molecule has 1 aliphatic heterocycles. The molecule has 1 N–H and O–H groups in total. The molecule has 0 bridgehead atoms. The van der Waals surface area contributed by atoms with Gasteiger partial charge in [-0.05, 0) is 46.2 Å². The highest BCUT2D eigenvalue weighted by molar-refractivity contribution is 7.10. The number of aryl methyl sites for hydroxylation is 1. The van der Waals surface area contributed by atoms with Gasteiger partial charge in [0.1, 0.15) is 10.5 Å². The minimum absolute atomic E-state index is 0.233. The fraction of sp³-hybridized carbons (Fsp3) is 0.345. The topological polar surface area (TPSA) is 77.5 Å². The van der Waals surface area contributed by atoms with Gasteiger partial charge in [-0.1, -0.05) is 54.1 Å². The highest BCUT2D eigenvalue weighted by Gasteiger charge is 2.54. The van der Waals surface area contributed by atoms with Gasteiger partial charge >= 0.3 is 11.9 Å². The molecule has 2 heterocycles. The fourth-order valence-corrected chi connectivity index (χ4v) is 6.00. The zero-order valence-corrected chi connectivity index (χ0v) is 22.1. The van der Waals surface area contributed by atoms with E-state index >= 15 is 0 Å². The van der Waals surface area contributed by atoms with E-state index in [0.29, 0.717) is 11.3 Å². The standard InChI is InChI=1S/C29H32N2O4S/c1-6-34-26(32)23-19(4)31-29(5,28-30-22(17-36-28)21-15-11-12-18(3)16-21)25(27(33)35-7-2)24(23)20-13-9-8-10-14-20/h8-17,24-25,31H,6-7H2,1-5H3. The average molecular weight is 505 g/mol. The predicted molar refractivity (Wildman–Crippen MR) is 141 cm³/mol. The molecule has 7 heteroatoms. The molecule has 0 radical (unpaired) electrons. The maximum atomic E-state index is 13.7. The van der Waals surface area contributed by atoms with Crippen molar-refractivity contribution in [2.75, 3.05) is 13.2 Å². The second kappa shape index (κ2) is 10.7. The molecule has 0 fully saturated rings. The summed E-state index contributed by atoms with van der Waals surface area (Å²) in [5.74, 6) is -2.14. The largest absolute Gasteiger partial charge is 0.466 e. The third kappa shape index (κ3) is 4.80. The Morgan fingerprint density at radius 1 is 1.03 bits per heavy atom. The average Bonchev–Trinajstić information content (AvgIpc) is 3.36. The number of hydrogen-bond acceptors (Lipinski definition) is 7. The van der Waals surface area contributed by atoms with Gasteiger partial charge in [0.2, 0.25) is 0 Å². The quantitative estimate of drug-likeness (QED) is 0.414. The lowest BCUT2D eigenvalue weighted by Gasteiger charge is -2.45. The molecule has 2 aromatic carbocycles. The van der Waals surface area contributed by atoms with E-state index in [9.17, 15) is 9.59 Å². The van der Waals surface area contributed by atoms with Crippen molar-refractivity contribution in [2.45, 2.75) is 46.1 Å². The van der Waals surface area contributed by atoms with E-state index in [1.807, 2.05) is 74.7 Å². The lowest BCUT2D eigenvalue weighted by atomic mass is 9.67. The van der Waals surface area contributed by atoms with E-state index < -0.39 is 23.3 Å². The van der Waals surface area contributed by atoms with Gasteiger partial charge in [-0.3, -0.25) is 4.79 Å². The number of thiazole rings is 1. The van der Waals surface area contributed by atoms with Crippen LogP contribution >= 0.6 is 11.3 Å². The van der Waals surface area contributed by atoms with Crippen LogP contribution < -0.4 is 5.32 Å². The molecule has 0 aliphatic carbocycles. The zero-order valence-electron chi connectivity index (χ0n) is 21.3. The number of esters is 2. The second-order valence-corrected chi connectivity index (χ2v) is 9.97. The van der Waals surface area contributed by atoms with E-state index in [4.69, 9.17) is 14.5 Å². The van der Waals surface area contributed by atoms with Crippen molar-refractivity contribution in [3.05, 3.63) is 87.4 Å². The SMILES string of the molecule is CCOC(=O)C1=C(C)NC(C)(c2nc(-c3cccc(C)c3)cs2)C(C(=O)OCC)C1c1ccccc1. The molecule has 1 aliphatic rings. The van der Waals surface area contributed by atoms with Gasteiger partial charge in [0.25, 0.3) is 0 Å². The molecule has 1 aromatic heterocycles. The van der Waals surface area contributed by atoms with Crippen LogP contribution in [-0.2, 0) is 24.6 Å². The summed E-state index contributed by atoms with van der Waals surface area (Å²) in [4.78, 5) is 31.9. The van der Waals surface area contributed by atoms with Crippen molar-refractivity contribution >= 4 is 23.3 Å². The molecule has 0 saturated carbocycles. The molecule has 3 unspecified atom stereocenters. The zero-order chi connectivity index (χ0) is 25.9. The Hall–Kier alpha value is -3.45. The minimum Gasteiger partial charge on any atom is -0.466 e. The summed E-state index contributed by atoms with van der Waals surface area (Å²) in [6.07, 6.45) is 0. The Labute approximate surface area is 216 Å². The van der Waals surface area contributed by atoms with E-state index in [1.54, 1.807) is 13.8 Å². The number of nitrogens with one attached hydrogen (secondary N) is 1. The number of rotatable bonds is 7. The molecule has 6 nitrogen and oxygen atoms in total. The lowest BCUT2D eigenvalue weighted by Crippen LogP contribution is -2.55. The van der Waals surface area contributed by atoms with Gasteiger partial charge in [0.15, 0.2) is 0 Å². The number of carbonyl (C=O) groups excluding carboxylic acids is 2. The molecular formula is C29H32N2O4S.